The molecule has 1 N–H and O–H groups in total. The third-order valence-corrected chi connectivity index (χ3v) is 3.53. The summed E-state index contributed by atoms with van der Waals surface area (Å²) in [5.41, 5.74) is 3.62. The lowest BCUT2D eigenvalue weighted by Crippen LogP contribution is -2.20. The van der Waals surface area contributed by atoms with Gasteiger partial charge in [-0.15, -0.1) is 0 Å². The fraction of sp³-hybridized carbons (Fsp3) is 0.294. The van der Waals surface area contributed by atoms with Crippen LogP contribution in [0.1, 0.15) is 35.2 Å². The Labute approximate surface area is 118 Å². The van der Waals surface area contributed by atoms with Gasteiger partial charge in [0.15, 0.2) is 0 Å². The maximum Gasteiger partial charge on any atom is 0.130 e. The van der Waals surface area contributed by atoms with Crippen LogP contribution in [0.4, 0.5) is 8.78 Å². The molecule has 20 heavy (non-hydrogen) atoms. The second-order valence-electron chi connectivity index (χ2n) is 5.17. The van der Waals surface area contributed by atoms with Crippen molar-refractivity contribution in [2.24, 2.45) is 0 Å². The molecule has 3 heteroatoms. The summed E-state index contributed by atoms with van der Waals surface area (Å²) in [4.78, 5) is 0. The molecule has 0 heterocycles. The first-order valence-electron chi connectivity index (χ1n) is 6.72. The maximum absolute atomic E-state index is 13.7. The summed E-state index contributed by atoms with van der Waals surface area (Å²) in [5.74, 6) is -1.02. The topological polar surface area (TPSA) is 12.0 Å². The Morgan fingerprint density at radius 1 is 1.05 bits per heavy atom. The SMILES string of the molecule is Cc1ccc(CNC(C)c2c(F)cccc2F)c(C)c1. The number of nitrogens with one attached hydrogen (secondary N) is 1. The summed E-state index contributed by atoms with van der Waals surface area (Å²) in [6, 6.07) is 9.76. The zero-order valence-electron chi connectivity index (χ0n) is 12.0. The van der Waals surface area contributed by atoms with E-state index in [1.807, 2.05) is 26.0 Å². The van der Waals surface area contributed by atoms with Gasteiger partial charge in [-0.25, -0.2) is 8.78 Å². The van der Waals surface area contributed by atoms with Crippen molar-refractivity contribution in [1.82, 2.24) is 5.32 Å². The molecule has 1 nitrogen and oxygen atoms in total. The van der Waals surface area contributed by atoms with Gasteiger partial charge in [0.2, 0.25) is 0 Å². The molecule has 0 aliphatic carbocycles. The van der Waals surface area contributed by atoms with Crippen molar-refractivity contribution in [3.8, 4) is 0 Å². The Hall–Kier alpha value is -1.74. The summed E-state index contributed by atoms with van der Waals surface area (Å²) >= 11 is 0. The van der Waals surface area contributed by atoms with Crippen LogP contribution in [0.3, 0.4) is 0 Å². The molecule has 106 valence electrons. The lowest BCUT2D eigenvalue weighted by molar-refractivity contribution is 0.487. The van der Waals surface area contributed by atoms with Crippen molar-refractivity contribution in [2.45, 2.75) is 33.4 Å². The zero-order valence-corrected chi connectivity index (χ0v) is 12.0. The smallest absolute Gasteiger partial charge is 0.130 e. The average molecular weight is 275 g/mol. The minimum Gasteiger partial charge on any atom is -0.306 e. The number of hydrogen-bond donors (Lipinski definition) is 1. The number of benzene rings is 2. The summed E-state index contributed by atoms with van der Waals surface area (Å²) in [5, 5.41) is 3.18. The molecule has 1 unspecified atom stereocenters. The summed E-state index contributed by atoms with van der Waals surface area (Å²) in [7, 11) is 0. The minimum atomic E-state index is -0.509. The summed E-state index contributed by atoms with van der Waals surface area (Å²) in [6.45, 7) is 6.44. The van der Waals surface area contributed by atoms with Gasteiger partial charge >= 0.3 is 0 Å². The van der Waals surface area contributed by atoms with E-state index < -0.39 is 11.6 Å². The first kappa shape index (κ1) is 14.7. The Balaban J connectivity index is 2.11. The highest BCUT2D eigenvalue weighted by atomic mass is 19.1. The van der Waals surface area contributed by atoms with E-state index in [-0.39, 0.29) is 11.6 Å². The summed E-state index contributed by atoms with van der Waals surface area (Å²) < 4.78 is 27.4. The van der Waals surface area contributed by atoms with Crippen LogP contribution in [0, 0.1) is 25.5 Å². The van der Waals surface area contributed by atoms with Crippen LogP contribution < -0.4 is 5.32 Å². The second-order valence-corrected chi connectivity index (χ2v) is 5.17. The number of halogens is 2. The Bertz CT molecular complexity index is 588. The quantitative estimate of drug-likeness (QED) is 0.870. The van der Waals surface area contributed by atoms with Crippen LogP contribution in [0.5, 0.6) is 0 Å². The van der Waals surface area contributed by atoms with Gasteiger partial charge in [-0.1, -0.05) is 29.8 Å². The van der Waals surface area contributed by atoms with Crippen molar-refractivity contribution >= 4 is 0 Å². The molecule has 2 rings (SSSR count). The predicted molar refractivity (Wildman–Crippen MR) is 77.5 cm³/mol. The fourth-order valence-corrected chi connectivity index (χ4v) is 2.33. The molecule has 0 aliphatic heterocycles. The van der Waals surface area contributed by atoms with Gasteiger partial charge < -0.3 is 5.32 Å². The van der Waals surface area contributed by atoms with E-state index >= 15 is 0 Å². The van der Waals surface area contributed by atoms with E-state index in [1.54, 1.807) is 6.92 Å². The number of hydrogen-bond acceptors (Lipinski definition) is 1. The van der Waals surface area contributed by atoms with Gasteiger partial charge in [0.25, 0.3) is 0 Å². The monoisotopic (exact) mass is 275 g/mol. The lowest BCUT2D eigenvalue weighted by atomic mass is 10.0. The van der Waals surface area contributed by atoms with E-state index in [9.17, 15) is 8.78 Å². The van der Waals surface area contributed by atoms with Gasteiger partial charge in [0.1, 0.15) is 11.6 Å². The standard InChI is InChI=1S/C17H19F2N/c1-11-7-8-14(12(2)9-11)10-20-13(3)17-15(18)5-4-6-16(17)19/h4-9,13,20H,10H2,1-3H3. The molecule has 0 aliphatic rings. The molecule has 0 spiro atoms. The molecule has 0 fully saturated rings. The Kier molecular flexibility index (Phi) is 4.50. The van der Waals surface area contributed by atoms with Gasteiger partial charge in [-0.2, -0.15) is 0 Å². The van der Waals surface area contributed by atoms with Gasteiger partial charge in [-0.3, -0.25) is 0 Å². The molecule has 0 aromatic heterocycles. The van der Waals surface area contributed by atoms with Gasteiger partial charge in [0.05, 0.1) is 0 Å². The van der Waals surface area contributed by atoms with Crippen LogP contribution in [-0.4, -0.2) is 0 Å². The molecule has 0 radical (unpaired) electrons. The highest BCUT2D eigenvalue weighted by Crippen LogP contribution is 2.21. The van der Waals surface area contributed by atoms with Crippen LogP contribution in [0.25, 0.3) is 0 Å². The highest BCUT2D eigenvalue weighted by Gasteiger charge is 2.15. The molecule has 0 amide bonds. The van der Waals surface area contributed by atoms with Gasteiger partial charge in [-0.05, 0) is 44.0 Å². The van der Waals surface area contributed by atoms with Gasteiger partial charge in [0, 0.05) is 18.2 Å². The predicted octanol–water partition coefficient (Wildman–Crippen LogP) is 4.43. The minimum absolute atomic E-state index is 0.0947. The highest BCUT2D eigenvalue weighted by molar-refractivity contribution is 5.30. The third kappa shape index (κ3) is 3.23. The van der Waals surface area contributed by atoms with E-state index in [0.29, 0.717) is 6.54 Å². The molecule has 1 atom stereocenters. The zero-order chi connectivity index (χ0) is 14.7. The van der Waals surface area contributed by atoms with E-state index in [1.165, 1.54) is 29.3 Å². The van der Waals surface area contributed by atoms with E-state index in [2.05, 4.69) is 11.4 Å². The maximum atomic E-state index is 13.7. The molecule has 0 saturated carbocycles. The Morgan fingerprint density at radius 2 is 1.70 bits per heavy atom. The normalized spacial score (nSPS) is 12.4. The molecule has 2 aromatic rings. The average Bonchev–Trinajstić information content (AvgIpc) is 2.37. The first-order chi connectivity index (χ1) is 9.49. The van der Waals surface area contributed by atoms with Crippen LogP contribution in [0.15, 0.2) is 36.4 Å². The molecule has 0 bridgehead atoms. The Morgan fingerprint density at radius 3 is 2.30 bits per heavy atom. The van der Waals surface area contributed by atoms with Crippen molar-refractivity contribution in [3.63, 3.8) is 0 Å². The van der Waals surface area contributed by atoms with Crippen LogP contribution in [0.2, 0.25) is 0 Å². The number of rotatable bonds is 4. The van der Waals surface area contributed by atoms with E-state index in [4.69, 9.17) is 0 Å². The van der Waals surface area contributed by atoms with Crippen LogP contribution >= 0.6 is 0 Å². The number of aryl methyl sites for hydroxylation is 2. The van der Waals surface area contributed by atoms with Crippen LogP contribution in [-0.2, 0) is 6.54 Å². The fourth-order valence-electron chi connectivity index (χ4n) is 2.33. The molecular weight excluding hydrogens is 256 g/mol. The lowest BCUT2D eigenvalue weighted by Gasteiger charge is -2.17. The molecular formula is C17H19F2N. The molecule has 0 saturated heterocycles. The van der Waals surface area contributed by atoms with Crippen molar-refractivity contribution in [3.05, 3.63) is 70.3 Å². The van der Waals surface area contributed by atoms with Crippen molar-refractivity contribution in [2.75, 3.05) is 0 Å². The van der Waals surface area contributed by atoms with Crippen molar-refractivity contribution < 1.29 is 8.78 Å². The van der Waals surface area contributed by atoms with E-state index in [0.717, 1.165) is 5.56 Å². The second kappa shape index (κ2) is 6.14. The molecule has 2 aromatic carbocycles. The van der Waals surface area contributed by atoms with Crippen molar-refractivity contribution in [1.29, 1.82) is 0 Å². The third-order valence-electron chi connectivity index (χ3n) is 3.53. The largest absolute Gasteiger partial charge is 0.306 e. The summed E-state index contributed by atoms with van der Waals surface area (Å²) in [6.07, 6.45) is 0. The first-order valence-corrected chi connectivity index (χ1v) is 6.72.